The zero-order valence-corrected chi connectivity index (χ0v) is 10.3. The van der Waals surface area contributed by atoms with Gasteiger partial charge in [-0.25, -0.2) is 4.79 Å². The maximum atomic E-state index is 12.1. The number of hydrogen-bond acceptors (Lipinski definition) is 4. The first-order valence-electron chi connectivity index (χ1n) is 5.60. The van der Waals surface area contributed by atoms with Gasteiger partial charge in [0.1, 0.15) is 23.1 Å². The number of para-hydroxylation sites is 2. The summed E-state index contributed by atoms with van der Waals surface area (Å²) < 4.78 is 10.3. The highest BCUT2D eigenvalue weighted by atomic mass is 16.5. The quantitative estimate of drug-likeness (QED) is 0.623. The highest BCUT2D eigenvalue weighted by Crippen LogP contribution is 2.22. The molecule has 0 saturated heterocycles. The van der Waals surface area contributed by atoms with Crippen LogP contribution in [0.2, 0.25) is 0 Å². The zero-order chi connectivity index (χ0) is 13.7. The van der Waals surface area contributed by atoms with E-state index in [9.17, 15) is 4.79 Å². The van der Waals surface area contributed by atoms with E-state index in [0.29, 0.717) is 16.9 Å². The molecule has 94 valence electrons. The molecule has 0 radical (unpaired) electrons. The molecular formula is C15H11NO3. The Morgan fingerprint density at radius 3 is 2.37 bits per heavy atom. The molecule has 0 heterocycles. The summed E-state index contributed by atoms with van der Waals surface area (Å²) in [7, 11) is 1.48. The van der Waals surface area contributed by atoms with E-state index in [4.69, 9.17) is 14.7 Å². The Hall–Kier alpha value is -2.80. The zero-order valence-electron chi connectivity index (χ0n) is 10.3. The van der Waals surface area contributed by atoms with E-state index in [1.54, 1.807) is 48.5 Å². The number of carbonyl (C=O) groups excluding carboxylic acids is 1. The molecule has 0 aliphatic heterocycles. The average Bonchev–Trinajstić information content (AvgIpc) is 2.47. The van der Waals surface area contributed by atoms with E-state index in [1.165, 1.54) is 7.11 Å². The molecule has 0 unspecified atom stereocenters. The van der Waals surface area contributed by atoms with Gasteiger partial charge in [0, 0.05) is 0 Å². The summed E-state index contributed by atoms with van der Waals surface area (Å²) in [6, 6.07) is 15.3. The lowest BCUT2D eigenvalue weighted by molar-refractivity contribution is 0.0731. The second-order valence-corrected chi connectivity index (χ2v) is 3.70. The van der Waals surface area contributed by atoms with E-state index < -0.39 is 5.97 Å². The van der Waals surface area contributed by atoms with Crippen LogP contribution >= 0.6 is 0 Å². The number of hydrogen-bond donors (Lipinski definition) is 0. The molecule has 2 aromatic carbocycles. The number of nitrogens with zero attached hydrogens (tertiary/aromatic N) is 1. The van der Waals surface area contributed by atoms with Crippen LogP contribution in [-0.4, -0.2) is 13.1 Å². The van der Waals surface area contributed by atoms with Gasteiger partial charge in [0.15, 0.2) is 0 Å². The first-order valence-corrected chi connectivity index (χ1v) is 5.60. The molecule has 0 aliphatic carbocycles. The number of methoxy groups -OCH3 is 1. The Morgan fingerprint density at radius 1 is 1.05 bits per heavy atom. The fourth-order valence-corrected chi connectivity index (χ4v) is 1.62. The van der Waals surface area contributed by atoms with Gasteiger partial charge >= 0.3 is 5.97 Å². The summed E-state index contributed by atoms with van der Waals surface area (Å²) in [5, 5.41) is 8.94. The molecule has 2 aromatic rings. The maximum absolute atomic E-state index is 12.1. The molecule has 0 aromatic heterocycles. The molecule has 0 fully saturated rings. The minimum Gasteiger partial charge on any atom is -0.496 e. The molecule has 0 atom stereocenters. The predicted molar refractivity (Wildman–Crippen MR) is 69.1 cm³/mol. The second-order valence-electron chi connectivity index (χ2n) is 3.70. The van der Waals surface area contributed by atoms with Crippen LogP contribution in [-0.2, 0) is 0 Å². The molecule has 0 amide bonds. The first-order chi connectivity index (χ1) is 9.26. The van der Waals surface area contributed by atoms with Crippen molar-refractivity contribution in [2.24, 2.45) is 0 Å². The fraction of sp³-hybridized carbons (Fsp3) is 0.0667. The fourth-order valence-electron chi connectivity index (χ4n) is 1.62. The van der Waals surface area contributed by atoms with Crippen LogP contribution < -0.4 is 9.47 Å². The van der Waals surface area contributed by atoms with Crippen LogP contribution in [0.4, 0.5) is 0 Å². The summed E-state index contributed by atoms with van der Waals surface area (Å²) in [4.78, 5) is 12.1. The van der Waals surface area contributed by atoms with Gasteiger partial charge in [-0.15, -0.1) is 0 Å². The third-order valence-corrected chi connectivity index (χ3v) is 2.54. The number of benzene rings is 2. The average molecular weight is 253 g/mol. The normalized spacial score (nSPS) is 9.47. The van der Waals surface area contributed by atoms with Crippen molar-refractivity contribution >= 4 is 5.97 Å². The summed E-state index contributed by atoms with van der Waals surface area (Å²) in [6.07, 6.45) is 0. The van der Waals surface area contributed by atoms with Crippen LogP contribution in [0.25, 0.3) is 0 Å². The molecule has 0 bridgehead atoms. The highest BCUT2D eigenvalue weighted by molar-refractivity contribution is 5.94. The van der Waals surface area contributed by atoms with E-state index in [-0.39, 0.29) is 5.75 Å². The van der Waals surface area contributed by atoms with Gasteiger partial charge in [0.05, 0.1) is 12.7 Å². The van der Waals surface area contributed by atoms with Crippen LogP contribution in [0.5, 0.6) is 11.5 Å². The van der Waals surface area contributed by atoms with Gasteiger partial charge in [-0.3, -0.25) is 0 Å². The predicted octanol–water partition coefficient (Wildman–Crippen LogP) is 2.79. The Kier molecular flexibility index (Phi) is 3.79. The minimum atomic E-state index is -0.555. The Balaban J connectivity index is 2.29. The van der Waals surface area contributed by atoms with E-state index in [1.807, 2.05) is 6.07 Å². The smallest absolute Gasteiger partial charge is 0.347 e. The summed E-state index contributed by atoms with van der Waals surface area (Å²) >= 11 is 0. The molecule has 4 nitrogen and oxygen atoms in total. The molecular weight excluding hydrogens is 242 g/mol. The largest absolute Gasteiger partial charge is 0.496 e. The van der Waals surface area contributed by atoms with Gasteiger partial charge in [0.2, 0.25) is 0 Å². The molecule has 0 aliphatic rings. The first kappa shape index (κ1) is 12.7. The van der Waals surface area contributed by atoms with Crippen molar-refractivity contribution in [3.8, 4) is 17.6 Å². The van der Waals surface area contributed by atoms with E-state index in [0.717, 1.165) is 0 Å². The second kappa shape index (κ2) is 5.69. The molecule has 0 saturated carbocycles. The van der Waals surface area contributed by atoms with Gasteiger partial charge < -0.3 is 9.47 Å². The summed E-state index contributed by atoms with van der Waals surface area (Å²) in [6.45, 7) is 0. The molecule has 19 heavy (non-hydrogen) atoms. The van der Waals surface area contributed by atoms with Crippen molar-refractivity contribution in [2.75, 3.05) is 7.11 Å². The van der Waals surface area contributed by atoms with Crippen molar-refractivity contribution in [2.45, 2.75) is 0 Å². The van der Waals surface area contributed by atoms with Crippen molar-refractivity contribution in [1.82, 2.24) is 0 Å². The van der Waals surface area contributed by atoms with Gasteiger partial charge in [0.25, 0.3) is 0 Å². The van der Waals surface area contributed by atoms with Crippen molar-refractivity contribution in [3.63, 3.8) is 0 Å². The topological polar surface area (TPSA) is 59.3 Å². The monoisotopic (exact) mass is 253 g/mol. The number of ether oxygens (including phenoxy) is 2. The van der Waals surface area contributed by atoms with Crippen LogP contribution in [0.15, 0.2) is 48.5 Å². The lowest BCUT2D eigenvalue weighted by Crippen LogP contribution is -2.10. The summed E-state index contributed by atoms with van der Waals surface area (Å²) in [5.74, 6) is 0.114. The third kappa shape index (κ3) is 2.72. The maximum Gasteiger partial charge on any atom is 0.347 e. The molecule has 2 rings (SSSR count). The third-order valence-electron chi connectivity index (χ3n) is 2.54. The standard InChI is InChI=1S/C15H11NO3/c1-18-14-9-5-3-7-12(14)15(17)19-13-8-4-2-6-11(13)10-16/h2-9H,1H3. The van der Waals surface area contributed by atoms with Gasteiger partial charge in [-0.05, 0) is 24.3 Å². The Bertz CT molecular complexity index is 644. The van der Waals surface area contributed by atoms with Gasteiger partial charge in [-0.1, -0.05) is 24.3 Å². The minimum absolute atomic E-state index is 0.237. The van der Waals surface area contributed by atoms with E-state index in [2.05, 4.69) is 0 Å². The summed E-state index contributed by atoms with van der Waals surface area (Å²) in [5.41, 5.74) is 0.628. The Morgan fingerprint density at radius 2 is 1.68 bits per heavy atom. The number of esters is 1. The molecule has 0 N–H and O–H groups in total. The van der Waals surface area contributed by atoms with Crippen LogP contribution in [0.1, 0.15) is 15.9 Å². The van der Waals surface area contributed by atoms with E-state index >= 15 is 0 Å². The van der Waals surface area contributed by atoms with Gasteiger partial charge in [-0.2, -0.15) is 5.26 Å². The van der Waals surface area contributed by atoms with Crippen LogP contribution in [0, 0.1) is 11.3 Å². The highest BCUT2D eigenvalue weighted by Gasteiger charge is 2.15. The van der Waals surface area contributed by atoms with Crippen LogP contribution in [0.3, 0.4) is 0 Å². The SMILES string of the molecule is COc1ccccc1C(=O)Oc1ccccc1C#N. The van der Waals surface area contributed by atoms with Crippen molar-refractivity contribution in [3.05, 3.63) is 59.7 Å². The molecule has 0 spiro atoms. The van der Waals surface area contributed by atoms with Crippen molar-refractivity contribution in [1.29, 1.82) is 5.26 Å². The van der Waals surface area contributed by atoms with Crippen molar-refractivity contribution < 1.29 is 14.3 Å². The lowest BCUT2D eigenvalue weighted by Gasteiger charge is -2.08. The Labute approximate surface area is 110 Å². The number of nitriles is 1. The lowest BCUT2D eigenvalue weighted by atomic mass is 10.2. The number of rotatable bonds is 3. The molecule has 4 heteroatoms. The number of carbonyl (C=O) groups is 1.